The highest BCUT2D eigenvalue weighted by Crippen LogP contribution is 2.26. The molecule has 0 unspecified atom stereocenters. The lowest BCUT2D eigenvalue weighted by molar-refractivity contribution is -0.127. The van der Waals surface area contributed by atoms with Crippen molar-refractivity contribution in [2.75, 3.05) is 46.2 Å². The van der Waals surface area contributed by atoms with Crippen LogP contribution in [0.5, 0.6) is 5.75 Å². The van der Waals surface area contributed by atoms with E-state index in [9.17, 15) is 69.3 Å². The van der Waals surface area contributed by atoms with Gasteiger partial charge in [-0.15, -0.1) is 0 Å². The number of nitrogens with one attached hydrogen (secondary N) is 7. The van der Waals surface area contributed by atoms with Crippen LogP contribution < -0.4 is 42.0 Å². The van der Waals surface area contributed by atoms with Crippen molar-refractivity contribution < 1.29 is 93.0 Å². The van der Waals surface area contributed by atoms with Gasteiger partial charge in [0.15, 0.2) is 0 Å². The SMILES string of the molecule is O=C(CCCCCc1ccccc1)NC1CCC(O)CC1.O=C(CCCCCc1ccccc1)NC1CCC(O)CC1.O=C(CCCCOc1ccccc1)NC1CCC(O)CC1.O=C(CCCOCc1ccccc1)NC1CCC(O)CC1.O=C(CCOCCc1ccccc1)NC1CCC(O)CC1.O=C(COCCCc1ccccc1)NC1CCC(O)CC1.O=C(NC1CCC(O)CC1)OCCCCc1ccccc1. The van der Waals surface area contributed by atoms with Crippen molar-refractivity contribution in [3.63, 3.8) is 0 Å². The lowest BCUT2D eigenvalue weighted by atomic mass is 9.93. The van der Waals surface area contributed by atoms with Gasteiger partial charge >= 0.3 is 6.09 Å². The Morgan fingerprint density at radius 2 is 0.469 bits per heavy atom. The normalized spacial score (nSPS) is 21.9. The fourth-order valence-electron chi connectivity index (χ4n) is 19.1. The number of benzene rings is 7. The number of ether oxygens (including phenoxy) is 5. The number of para-hydroxylation sites is 1. The molecule has 26 heteroatoms. The molecule has 7 fully saturated rings. The maximum Gasteiger partial charge on any atom is 0.407 e. The van der Waals surface area contributed by atoms with Gasteiger partial charge in [0.25, 0.3) is 0 Å². The van der Waals surface area contributed by atoms with E-state index in [0.717, 1.165) is 300 Å². The van der Waals surface area contributed by atoms with E-state index < -0.39 is 0 Å². The molecule has 7 saturated carbocycles. The number of unbranched alkanes of at least 4 members (excludes halogenated alkanes) is 6. The molecule has 0 bridgehead atoms. The minimum Gasteiger partial charge on any atom is -0.494 e. The molecule has 0 atom stereocenters. The summed E-state index contributed by atoms with van der Waals surface area (Å²) in [4.78, 5) is 82.4. The van der Waals surface area contributed by atoms with Crippen LogP contribution in [0.25, 0.3) is 0 Å². The topological polar surface area (TPSA) is 391 Å². The van der Waals surface area contributed by atoms with Crippen molar-refractivity contribution in [1.29, 1.82) is 0 Å². The Morgan fingerprint density at radius 3 is 0.810 bits per heavy atom. The highest BCUT2D eigenvalue weighted by atomic mass is 16.5. The van der Waals surface area contributed by atoms with Crippen molar-refractivity contribution in [2.24, 2.45) is 0 Å². The molecular formula is C121H179N7O19. The van der Waals surface area contributed by atoms with Gasteiger partial charge in [-0.2, -0.15) is 0 Å². The molecule has 0 aromatic heterocycles. The summed E-state index contributed by atoms with van der Waals surface area (Å²) < 4.78 is 27.3. The number of hydrogen-bond acceptors (Lipinski definition) is 19. The molecule has 14 rings (SSSR count). The summed E-state index contributed by atoms with van der Waals surface area (Å²) in [5, 5.41) is 87.2. The maximum absolute atomic E-state index is 11.9. The molecule has 0 heterocycles. The standard InChI is InChI=1S/2C18H27NO2.5C17H25NO3/c2*20-17-13-11-16(12-14-17)19-18(21)10-6-2-5-9-15-7-3-1-4-8-15;19-15-11-9-14(10-12-15)18-17(20)8-4-5-13-21-16-6-2-1-3-7-16;19-16-11-9-15(10-12-16)18-17(20)21-13-5-4-8-14-6-2-1-3-7-14;19-16-10-8-15(9-11-16)18-17(20)7-4-12-21-13-14-5-2-1-3-6-14;19-16-10-8-15(9-11-16)18-17(20)13-21-12-4-7-14-5-2-1-3-6-14;19-16-8-6-15(7-9-16)18-17(20)11-13-21-12-10-14-4-2-1-3-5-14/h2*1,3-4,7-8,16-17,20H,2,5-6,9-14H2,(H,19,21);1-3,6-7,14-15,19H,4-5,8-13H2,(H,18,20);1-3,6-7,15-16,19H,4-5,8-13H2,(H,18,20);2*1-3,5-6,15-16,19H,4,7-13H2,(H,18,20);1-5,15-16,19H,6-13H2,(H,18,20). The Hall–Kier alpha value is -9.97. The van der Waals surface area contributed by atoms with Crippen LogP contribution in [0.3, 0.4) is 0 Å². The van der Waals surface area contributed by atoms with Crippen molar-refractivity contribution in [1.82, 2.24) is 37.2 Å². The fraction of sp³-hybridized carbons (Fsp3) is 0.595. The minimum atomic E-state index is -0.323. The van der Waals surface area contributed by atoms with Crippen molar-refractivity contribution in [3.05, 3.63) is 246 Å². The van der Waals surface area contributed by atoms with Crippen LogP contribution >= 0.6 is 0 Å². The first-order chi connectivity index (χ1) is 71.7. The lowest BCUT2D eigenvalue weighted by Crippen LogP contribution is -2.40. The molecule has 147 heavy (non-hydrogen) atoms. The Balaban J connectivity index is 0.000000209. The van der Waals surface area contributed by atoms with Gasteiger partial charge in [0, 0.05) is 87.6 Å². The van der Waals surface area contributed by atoms with Gasteiger partial charge in [-0.3, -0.25) is 28.8 Å². The van der Waals surface area contributed by atoms with Crippen LogP contribution in [0.15, 0.2) is 212 Å². The number of amides is 7. The van der Waals surface area contributed by atoms with Gasteiger partial charge in [0.2, 0.25) is 35.4 Å². The Morgan fingerprint density at radius 1 is 0.211 bits per heavy atom. The van der Waals surface area contributed by atoms with E-state index in [1.807, 2.05) is 127 Å². The fourth-order valence-corrected chi connectivity index (χ4v) is 19.1. The van der Waals surface area contributed by atoms with Gasteiger partial charge < -0.3 is 96.6 Å². The van der Waals surface area contributed by atoms with E-state index in [4.69, 9.17) is 23.7 Å². The summed E-state index contributed by atoms with van der Waals surface area (Å²) in [5.41, 5.74) is 7.78. The van der Waals surface area contributed by atoms with Crippen molar-refractivity contribution in [3.8, 4) is 5.75 Å². The van der Waals surface area contributed by atoms with Crippen LogP contribution in [0.4, 0.5) is 4.79 Å². The number of carbonyl (C=O) groups excluding carboxylic acids is 7. The van der Waals surface area contributed by atoms with Crippen LogP contribution in [-0.2, 0) is 86.4 Å². The van der Waals surface area contributed by atoms with Gasteiger partial charge in [0.05, 0.1) is 75.8 Å². The van der Waals surface area contributed by atoms with Crippen LogP contribution in [0.1, 0.15) is 322 Å². The van der Waals surface area contributed by atoms with E-state index in [2.05, 4.69) is 122 Å². The number of alkyl carbamates (subject to hydrolysis) is 1. The van der Waals surface area contributed by atoms with E-state index in [1.165, 1.54) is 27.8 Å². The molecular weight excluding hydrogens is 1860 g/mol. The predicted octanol–water partition coefficient (Wildman–Crippen LogP) is 18.6. The number of rotatable bonds is 48. The molecule has 7 amide bonds. The molecule has 7 aromatic rings. The van der Waals surface area contributed by atoms with E-state index in [0.29, 0.717) is 78.4 Å². The zero-order valence-corrected chi connectivity index (χ0v) is 87.8. The molecule has 7 aromatic carbocycles. The quantitative estimate of drug-likeness (QED) is 0.0158. The summed E-state index contributed by atoms with van der Waals surface area (Å²) in [6.07, 6.45) is 41.5. The molecule has 0 aliphatic heterocycles. The Labute approximate surface area is 877 Å². The smallest absolute Gasteiger partial charge is 0.407 e. The van der Waals surface area contributed by atoms with Gasteiger partial charge in [-0.25, -0.2) is 4.79 Å². The average Bonchev–Trinajstić information content (AvgIpc) is 0.925. The minimum absolute atomic E-state index is 0.0453. The monoisotopic (exact) mass is 2030 g/mol. The van der Waals surface area contributed by atoms with Crippen LogP contribution in [0.2, 0.25) is 0 Å². The van der Waals surface area contributed by atoms with Crippen LogP contribution in [0, 0.1) is 0 Å². The van der Waals surface area contributed by atoms with E-state index >= 15 is 0 Å². The summed E-state index contributed by atoms with van der Waals surface area (Å²) in [6, 6.07) is 73.2. The number of hydrogen-bond donors (Lipinski definition) is 14. The second-order valence-electron chi connectivity index (χ2n) is 40.8. The third kappa shape index (κ3) is 61.1. The first kappa shape index (κ1) is 122. The highest BCUT2D eigenvalue weighted by Gasteiger charge is 2.28. The molecule has 0 saturated heterocycles. The number of aliphatic hydroxyl groups is 7. The molecule has 26 nitrogen and oxygen atoms in total. The van der Waals surface area contributed by atoms with Gasteiger partial charge in [0.1, 0.15) is 12.4 Å². The molecule has 7 aliphatic rings. The molecule has 0 radical (unpaired) electrons. The average molecular weight is 2040 g/mol. The Bertz CT molecular complexity index is 3690. The second-order valence-corrected chi connectivity index (χ2v) is 40.8. The molecule has 0 spiro atoms. The lowest BCUT2D eigenvalue weighted by Gasteiger charge is -2.26. The highest BCUT2D eigenvalue weighted by molar-refractivity contribution is 5.78. The van der Waals surface area contributed by atoms with Gasteiger partial charge in [-0.1, -0.05) is 213 Å². The molecule has 812 valence electrons. The number of carbonyl (C=O) groups is 7. The van der Waals surface area contributed by atoms with E-state index in [-0.39, 0.29) is 133 Å². The predicted molar refractivity (Wildman–Crippen MR) is 580 cm³/mol. The summed E-state index contributed by atoms with van der Waals surface area (Å²) >= 11 is 0. The third-order valence-corrected chi connectivity index (χ3v) is 28.0. The number of aliphatic hydroxyl groups excluding tert-OH is 7. The van der Waals surface area contributed by atoms with Crippen molar-refractivity contribution >= 4 is 41.5 Å². The molecule has 14 N–H and O–H groups in total. The second kappa shape index (κ2) is 77.4. The summed E-state index contributed by atoms with van der Waals surface area (Å²) in [5.74, 6) is 1.46. The summed E-state index contributed by atoms with van der Waals surface area (Å²) in [6.45, 7) is 4.16. The van der Waals surface area contributed by atoms with Gasteiger partial charge in [-0.05, 0) is 322 Å². The zero-order chi connectivity index (χ0) is 104. The number of aryl methyl sites for hydroxylation is 4. The third-order valence-electron chi connectivity index (χ3n) is 28.0. The van der Waals surface area contributed by atoms with Crippen LogP contribution in [-0.4, -0.2) is 209 Å². The first-order valence-corrected chi connectivity index (χ1v) is 55.8. The van der Waals surface area contributed by atoms with Crippen molar-refractivity contribution in [2.45, 2.75) is 413 Å². The first-order valence-electron chi connectivity index (χ1n) is 55.8. The maximum atomic E-state index is 11.9. The largest absolute Gasteiger partial charge is 0.494 e. The zero-order valence-electron chi connectivity index (χ0n) is 87.8. The summed E-state index contributed by atoms with van der Waals surface area (Å²) in [7, 11) is 0. The Kier molecular flexibility index (Phi) is 64.3. The molecule has 7 aliphatic carbocycles. The van der Waals surface area contributed by atoms with E-state index in [1.54, 1.807) is 0 Å².